The minimum Gasteiger partial charge on any atom is -0.310 e. The first kappa shape index (κ1) is 16.2. The average Bonchev–Trinajstić information content (AvgIpc) is 2.38. The molecule has 0 aliphatic carbocycles. The molecule has 1 atom stereocenters. The Balaban J connectivity index is 2.45. The van der Waals surface area contributed by atoms with Crippen molar-refractivity contribution in [2.45, 2.75) is 66.5 Å². The molecule has 1 unspecified atom stereocenters. The lowest BCUT2D eigenvalue weighted by atomic mass is 9.95. The van der Waals surface area contributed by atoms with E-state index >= 15 is 0 Å². The standard InChI is InChI=1S/C18H31N/c1-6-18(7-2)15(5)19-13-17-10-8-16(9-11-17)12-14(3)4/h8-11,14-15,18-19H,6-7,12-13H2,1-5H3. The summed E-state index contributed by atoms with van der Waals surface area (Å²) in [6, 6.07) is 9.69. The second-order valence-electron chi connectivity index (χ2n) is 6.16. The fraction of sp³-hybridized carbons (Fsp3) is 0.667. The summed E-state index contributed by atoms with van der Waals surface area (Å²) < 4.78 is 0. The molecule has 1 rings (SSSR count). The molecule has 19 heavy (non-hydrogen) atoms. The van der Waals surface area contributed by atoms with Gasteiger partial charge in [-0.2, -0.15) is 0 Å². The van der Waals surface area contributed by atoms with Crippen LogP contribution in [0.5, 0.6) is 0 Å². The third-order valence-electron chi connectivity index (χ3n) is 4.05. The van der Waals surface area contributed by atoms with Crippen LogP contribution in [-0.4, -0.2) is 6.04 Å². The zero-order chi connectivity index (χ0) is 14.3. The van der Waals surface area contributed by atoms with Crippen LogP contribution in [-0.2, 0) is 13.0 Å². The van der Waals surface area contributed by atoms with Crippen LogP contribution in [0.2, 0.25) is 0 Å². The van der Waals surface area contributed by atoms with Gasteiger partial charge in [0.15, 0.2) is 0 Å². The first-order valence-corrected chi connectivity index (χ1v) is 7.88. The highest BCUT2D eigenvalue weighted by atomic mass is 14.9. The minimum atomic E-state index is 0.602. The van der Waals surface area contributed by atoms with Gasteiger partial charge in [0.2, 0.25) is 0 Å². The highest BCUT2D eigenvalue weighted by Gasteiger charge is 2.12. The van der Waals surface area contributed by atoms with Gasteiger partial charge in [-0.15, -0.1) is 0 Å². The van der Waals surface area contributed by atoms with Crippen LogP contribution >= 0.6 is 0 Å². The fourth-order valence-corrected chi connectivity index (χ4v) is 2.71. The van der Waals surface area contributed by atoms with Crippen molar-refractivity contribution in [3.05, 3.63) is 35.4 Å². The molecule has 0 saturated heterocycles. The van der Waals surface area contributed by atoms with E-state index in [-0.39, 0.29) is 0 Å². The minimum absolute atomic E-state index is 0.602. The number of rotatable bonds is 8. The van der Waals surface area contributed by atoms with Gasteiger partial charge < -0.3 is 5.32 Å². The Bertz CT molecular complexity index is 335. The molecule has 0 radical (unpaired) electrons. The largest absolute Gasteiger partial charge is 0.310 e. The lowest BCUT2D eigenvalue weighted by Gasteiger charge is -2.22. The monoisotopic (exact) mass is 261 g/mol. The second kappa shape index (κ2) is 8.37. The van der Waals surface area contributed by atoms with Crippen LogP contribution in [0.4, 0.5) is 0 Å². The summed E-state index contributed by atoms with van der Waals surface area (Å²) in [7, 11) is 0. The van der Waals surface area contributed by atoms with E-state index < -0.39 is 0 Å². The molecule has 1 heteroatoms. The maximum atomic E-state index is 3.66. The van der Waals surface area contributed by atoms with Crippen molar-refractivity contribution in [1.82, 2.24) is 5.32 Å². The van der Waals surface area contributed by atoms with Crippen molar-refractivity contribution < 1.29 is 0 Å². The van der Waals surface area contributed by atoms with Crippen molar-refractivity contribution in [1.29, 1.82) is 0 Å². The molecule has 0 bridgehead atoms. The van der Waals surface area contributed by atoms with Gasteiger partial charge in [0.25, 0.3) is 0 Å². The van der Waals surface area contributed by atoms with Crippen molar-refractivity contribution in [2.24, 2.45) is 11.8 Å². The first-order chi connectivity index (χ1) is 9.06. The quantitative estimate of drug-likeness (QED) is 0.709. The third kappa shape index (κ3) is 5.78. The van der Waals surface area contributed by atoms with Crippen LogP contribution in [0.15, 0.2) is 24.3 Å². The summed E-state index contributed by atoms with van der Waals surface area (Å²) in [4.78, 5) is 0. The summed E-state index contributed by atoms with van der Waals surface area (Å²) in [6.07, 6.45) is 3.70. The van der Waals surface area contributed by atoms with E-state index in [0.29, 0.717) is 6.04 Å². The SMILES string of the molecule is CCC(CC)C(C)NCc1ccc(CC(C)C)cc1. The van der Waals surface area contributed by atoms with Gasteiger partial charge in [-0.25, -0.2) is 0 Å². The van der Waals surface area contributed by atoms with Crippen LogP contribution in [0, 0.1) is 11.8 Å². The third-order valence-corrected chi connectivity index (χ3v) is 4.05. The van der Waals surface area contributed by atoms with Gasteiger partial charge in [0.05, 0.1) is 0 Å². The molecule has 0 amide bonds. The van der Waals surface area contributed by atoms with E-state index in [0.717, 1.165) is 18.4 Å². The summed E-state index contributed by atoms with van der Waals surface area (Å²) in [5.74, 6) is 1.53. The Hall–Kier alpha value is -0.820. The van der Waals surface area contributed by atoms with Gasteiger partial charge >= 0.3 is 0 Å². The molecule has 0 spiro atoms. The van der Waals surface area contributed by atoms with Crippen LogP contribution in [0.3, 0.4) is 0 Å². The van der Waals surface area contributed by atoms with Gasteiger partial charge in [0.1, 0.15) is 0 Å². The number of hydrogen-bond donors (Lipinski definition) is 1. The van der Waals surface area contributed by atoms with Gasteiger partial charge in [-0.05, 0) is 36.3 Å². The molecule has 108 valence electrons. The van der Waals surface area contributed by atoms with Crippen LogP contribution in [0.1, 0.15) is 58.6 Å². The molecule has 0 aliphatic rings. The maximum Gasteiger partial charge on any atom is 0.0208 e. The second-order valence-corrected chi connectivity index (χ2v) is 6.16. The zero-order valence-electron chi connectivity index (χ0n) is 13.4. The lowest BCUT2D eigenvalue weighted by Crippen LogP contribution is -2.32. The Kier molecular flexibility index (Phi) is 7.15. The predicted molar refractivity (Wildman–Crippen MR) is 85.4 cm³/mol. The molecular weight excluding hydrogens is 230 g/mol. The highest BCUT2D eigenvalue weighted by Crippen LogP contribution is 2.14. The smallest absolute Gasteiger partial charge is 0.0208 e. The van der Waals surface area contributed by atoms with Crippen molar-refractivity contribution in [2.75, 3.05) is 0 Å². The van der Waals surface area contributed by atoms with E-state index in [1.807, 2.05) is 0 Å². The Morgan fingerprint density at radius 2 is 1.42 bits per heavy atom. The molecule has 0 saturated carbocycles. The van der Waals surface area contributed by atoms with Crippen LogP contribution in [0.25, 0.3) is 0 Å². The van der Waals surface area contributed by atoms with Crippen LogP contribution < -0.4 is 5.32 Å². The van der Waals surface area contributed by atoms with E-state index in [2.05, 4.69) is 64.2 Å². The molecule has 1 N–H and O–H groups in total. The Morgan fingerprint density at radius 3 is 1.89 bits per heavy atom. The lowest BCUT2D eigenvalue weighted by molar-refractivity contribution is 0.353. The molecule has 0 heterocycles. The summed E-state index contributed by atoms with van der Waals surface area (Å²) >= 11 is 0. The summed E-state index contributed by atoms with van der Waals surface area (Å²) in [6.45, 7) is 12.4. The zero-order valence-corrected chi connectivity index (χ0v) is 13.4. The van der Waals surface area contributed by atoms with E-state index in [1.165, 1.54) is 30.4 Å². The number of hydrogen-bond acceptors (Lipinski definition) is 1. The first-order valence-electron chi connectivity index (χ1n) is 7.88. The summed E-state index contributed by atoms with van der Waals surface area (Å²) in [5, 5.41) is 3.66. The molecule has 1 aromatic rings. The van der Waals surface area contributed by atoms with E-state index in [4.69, 9.17) is 0 Å². The van der Waals surface area contributed by atoms with E-state index in [1.54, 1.807) is 0 Å². The topological polar surface area (TPSA) is 12.0 Å². The molecule has 0 aliphatic heterocycles. The fourth-order valence-electron chi connectivity index (χ4n) is 2.71. The predicted octanol–water partition coefficient (Wildman–Crippen LogP) is 4.80. The van der Waals surface area contributed by atoms with Crippen molar-refractivity contribution >= 4 is 0 Å². The van der Waals surface area contributed by atoms with Gasteiger partial charge in [0, 0.05) is 12.6 Å². The average molecular weight is 261 g/mol. The molecule has 1 nitrogen and oxygen atoms in total. The molecule has 0 aromatic heterocycles. The molecule has 0 fully saturated rings. The number of nitrogens with one attached hydrogen (secondary N) is 1. The van der Waals surface area contributed by atoms with Gasteiger partial charge in [-0.3, -0.25) is 0 Å². The van der Waals surface area contributed by atoms with E-state index in [9.17, 15) is 0 Å². The van der Waals surface area contributed by atoms with Crippen molar-refractivity contribution in [3.63, 3.8) is 0 Å². The normalized spacial score (nSPS) is 13.2. The highest BCUT2D eigenvalue weighted by molar-refractivity contribution is 5.22. The molecule has 1 aromatic carbocycles. The Labute approximate surface area is 119 Å². The molecular formula is C18H31N. The summed E-state index contributed by atoms with van der Waals surface area (Å²) in [5.41, 5.74) is 2.84. The Morgan fingerprint density at radius 1 is 0.895 bits per heavy atom. The van der Waals surface area contributed by atoms with Crippen molar-refractivity contribution in [3.8, 4) is 0 Å². The van der Waals surface area contributed by atoms with Gasteiger partial charge in [-0.1, -0.05) is 64.8 Å². The maximum absolute atomic E-state index is 3.66. The number of benzene rings is 1.